The number of thiazole rings is 1. The number of amides is 1. The first kappa shape index (κ1) is 13.3. The average molecular weight is 268 g/mol. The Morgan fingerprint density at radius 1 is 1.61 bits per heavy atom. The largest absolute Gasteiger partial charge is 0.375 e. The van der Waals surface area contributed by atoms with Crippen molar-refractivity contribution in [2.45, 2.75) is 38.8 Å². The van der Waals surface area contributed by atoms with Crippen molar-refractivity contribution < 1.29 is 4.79 Å². The Kier molecular flexibility index (Phi) is 3.59. The van der Waals surface area contributed by atoms with Crippen LogP contribution in [0.1, 0.15) is 36.9 Å². The van der Waals surface area contributed by atoms with Gasteiger partial charge in [0.25, 0.3) is 5.91 Å². The standard InChI is InChI=1S/C12H20N4OS/c1-12(2,3)16-5-4-8(7-16)15-10(17)9-6-14-11(13)18-9/h6,8H,4-5,7H2,1-3H3,(H2,13,14)(H,15,17)/t8-/m1/s1. The average Bonchev–Trinajstić information content (AvgIpc) is 2.85. The number of nitrogens with one attached hydrogen (secondary N) is 1. The quantitative estimate of drug-likeness (QED) is 0.849. The van der Waals surface area contributed by atoms with Gasteiger partial charge in [-0.2, -0.15) is 0 Å². The number of aromatic nitrogens is 1. The van der Waals surface area contributed by atoms with Crippen molar-refractivity contribution in [3.8, 4) is 0 Å². The van der Waals surface area contributed by atoms with Gasteiger partial charge in [-0.3, -0.25) is 9.69 Å². The lowest BCUT2D eigenvalue weighted by molar-refractivity contribution is 0.0936. The van der Waals surface area contributed by atoms with Crippen LogP contribution in [-0.2, 0) is 0 Å². The highest BCUT2D eigenvalue weighted by Gasteiger charge is 2.31. The van der Waals surface area contributed by atoms with E-state index in [1.54, 1.807) is 0 Å². The minimum atomic E-state index is -0.0649. The highest BCUT2D eigenvalue weighted by Crippen LogP contribution is 2.21. The summed E-state index contributed by atoms with van der Waals surface area (Å²) in [4.78, 5) is 18.8. The van der Waals surface area contributed by atoms with Crippen LogP contribution < -0.4 is 11.1 Å². The number of nitrogen functional groups attached to an aromatic ring is 1. The second-order valence-corrected chi connectivity index (χ2v) is 6.70. The first-order valence-electron chi connectivity index (χ1n) is 6.13. The molecule has 1 saturated heterocycles. The molecule has 5 nitrogen and oxygen atoms in total. The van der Waals surface area contributed by atoms with E-state index in [1.807, 2.05) is 0 Å². The summed E-state index contributed by atoms with van der Waals surface area (Å²) >= 11 is 1.23. The predicted octanol–water partition coefficient (Wildman–Crippen LogP) is 1.33. The summed E-state index contributed by atoms with van der Waals surface area (Å²) in [6.07, 6.45) is 2.53. The third-order valence-electron chi connectivity index (χ3n) is 3.22. The van der Waals surface area contributed by atoms with Crippen LogP contribution in [0.2, 0.25) is 0 Å². The van der Waals surface area contributed by atoms with Gasteiger partial charge in [0, 0.05) is 24.7 Å². The van der Waals surface area contributed by atoms with Crippen molar-refractivity contribution in [1.82, 2.24) is 15.2 Å². The molecule has 1 fully saturated rings. The van der Waals surface area contributed by atoms with E-state index >= 15 is 0 Å². The first-order chi connectivity index (χ1) is 8.36. The molecule has 0 bridgehead atoms. The summed E-state index contributed by atoms with van der Waals surface area (Å²) in [7, 11) is 0. The SMILES string of the molecule is CC(C)(C)N1CC[C@@H](NC(=O)c2cnc(N)s2)C1. The molecule has 2 heterocycles. The number of rotatable bonds is 2. The van der Waals surface area contributed by atoms with Gasteiger partial charge in [0.15, 0.2) is 5.13 Å². The first-order valence-corrected chi connectivity index (χ1v) is 6.95. The van der Waals surface area contributed by atoms with Crippen molar-refractivity contribution in [3.63, 3.8) is 0 Å². The van der Waals surface area contributed by atoms with Crippen molar-refractivity contribution in [2.24, 2.45) is 0 Å². The molecule has 0 unspecified atom stereocenters. The summed E-state index contributed by atoms with van der Waals surface area (Å²) in [6.45, 7) is 8.52. The number of carbonyl (C=O) groups excluding carboxylic acids is 1. The Bertz CT molecular complexity index is 438. The van der Waals surface area contributed by atoms with Crippen LogP contribution in [0.15, 0.2) is 6.20 Å². The number of nitrogens with two attached hydrogens (primary N) is 1. The fraction of sp³-hybridized carbons (Fsp3) is 0.667. The molecule has 1 aliphatic heterocycles. The Labute approximate surface area is 111 Å². The lowest BCUT2D eigenvalue weighted by Gasteiger charge is -2.31. The number of anilines is 1. The van der Waals surface area contributed by atoms with E-state index in [1.165, 1.54) is 17.5 Å². The predicted molar refractivity (Wildman–Crippen MR) is 73.7 cm³/mol. The monoisotopic (exact) mass is 268 g/mol. The molecule has 2 rings (SSSR count). The van der Waals surface area contributed by atoms with E-state index in [-0.39, 0.29) is 17.5 Å². The molecule has 18 heavy (non-hydrogen) atoms. The zero-order valence-electron chi connectivity index (χ0n) is 11.1. The molecular formula is C12H20N4OS. The third-order valence-corrected chi connectivity index (χ3v) is 4.04. The van der Waals surface area contributed by atoms with Crippen LogP contribution >= 0.6 is 11.3 Å². The summed E-state index contributed by atoms with van der Waals surface area (Å²) in [6, 6.07) is 0.222. The van der Waals surface area contributed by atoms with Crippen LogP contribution in [0.3, 0.4) is 0 Å². The van der Waals surface area contributed by atoms with Crippen LogP contribution in [0.4, 0.5) is 5.13 Å². The van der Waals surface area contributed by atoms with Gasteiger partial charge >= 0.3 is 0 Å². The van der Waals surface area contributed by atoms with Gasteiger partial charge < -0.3 is 11.1 Å². The normalized spacial score (nSPS) is 21.2. The zero-order chi connectivity index (χ0) is 13.3. The minimum Gasteiger partial charge on any atom is -0.375 e. The smallest absolute Gasteiger partial charge is 0.263 e. The number of likely N-dealkylation sites (tertiary alicyclic amines) is 1. The minimum absolute atomic E-state index is 0.0649. The molecule has 0 saturated carbocycles. The molecule has 3 N–H and O–H groups in total. The van der Waals surface area contributed by atoms with Gasteiger partial charge in [0.2, 0.25) is 0 Å². The molecule has 0 aliphatic carbocycles. The van der Waals surface area contributed by atoms with Crippen molar-refractivity contribution in [3.05, 3.63) is 11.1 Å². The topological polar surface area (TPSA) is 71.2 Å². The zero-order valence-corrected chi connectivity index (χ0v) is 11.9. The summed E-state index contributed by atoms with van der Waals surface area (Å²) < 4.78 is 0. The van der Waals surface area contributed by atoms with Crippen molar-refractivity contribution >= 4 is 22.4 Å². The summed E-state index contributed by atoms with van der Waals surface area (Å²) in [5.41, 5.74) is 5.68. The van der Waals surface area contributed by atoms with Gasteiger partial charge in [0.1, 0.15) is 4.88 Å². The molecule has 0 radical (unpaired) electrons. The molecule has 1 aromatic heterocycles. The summed E-state index contributed by atoms with van der Waals surface area (Å²) in [5.74, 6) is -0.0649. The fourth-order valence-corrected chi connectivity index (χ4v) is 2.72. The number of hydrogen-bond acceptors (Lipinski definition) is 5. The maximum Gasteiger partial charge on any atom is 0.263 e. The Morgan fingerprint density at radius 2 is 2.33 bits per heavy atom. The highest BCUT2D eigenvalue weighted by atomic mass is 32.1. The maximum atomic E-state index is 12.0. The van der Waals surface area contributed by atoms with Gasteiger partial charge in [-0.25, -0.2) is 4.98 Å². The van der Waals surface area contributed by atoms with E-state index in [4.69, 9.17) is 5.73 Å². The molecule has 0 aromatic carbocycles. The molecule has 0 spiro atoms. The lowest BCUT2D eigenvalue weighted by atomic mass is 10.1. The van der Waals surface area contributed by atoms with Gasteiger partial charge in [-0.05, 0) is 27.2 Å². The Balaban J connectivity index is 1.90. The number of carbonyl (C=O) groups is 1. The van der Waals surface area contributed by atoms with E-state index in [2.05, 4.69) is 36.0 Å². The van der Waals surface area contributed by atoms with Crippen LogP contribution in [0, 0.1) is 0 Å². The van der Waals surface area contributed by atoms with Crippen molar-refractivity contribution in [1.29, 1.82) is 0 Å². The molecular weight excluding hydrogens is 248 g/mol. The van der Waals surface area contributed by atoms with Crippen LogP contribution in [0.5, 0.6) is 0 Å². The number of hydrogen-bond donors (Lipinski definition) is 2. The maximum absolute atomic E-state index is 12.0. The second-order valence-electron chi connectivity index (χ2n) is 5.64. The van der Waals surface area contributed by atoms with E-state index in [9.17, 15) is 4.79 Å². The van der Waals surface area contributed by atoms with Gasteiger partial charge in [-0.15, -0.1) is 0 Å². The van der Waals surface area contributed by atoms with E-state index in [0.29, 0.717) is 10.0 Å². The Morgan fingerprint density at radius 3 is 2.83 bits per heavy atom. The van der Waals surface area contributed by atoms with Crippen molar-refractivity contribution in [2.75, 3.05) is 18.8 Å². The Hall–Kier alpha value is -1.14. The molecule has 6 heteroatoms. The lowest BCUT2D eigenvalue weighted by Crippen LogP contribution is -2.43. The molecule has 1 aromatic rings. The van der Waals surface area contributed by atoms with E-state index in [0.717, 1.165) is 19.5 Å². The van der Waals surface area contributed by atoms with Crippen LogP contribution in [0.25, 0.3) is 0 Å². The summed E-state index contributed by atoms with van der Waals surface area (Å²) in [5, 5.41) is 3.48. The fourth-order valence-electron chi connectivity index (χ4n) is 2.14. The second kappa shape index (κ2) is 4.85. The van der Waals surface area contributed by atoms with Crippen LogP contribution in [-0.4, -0.2) is 40.5 Å². The van der Waals surface area contributed by atoms with Gasteiger partial charge in [0.05, 0.1) is 6.20 Å². The van der Waals surface area contributed by atoms with E-state index < -0.39 is 0 Å². The number of nitrogens with zero attached hydrogens (tertiary/aromatic N) is 2. The molecule has 1 amide bonds. The highest BCUT2D eigenvalue weighted by molar-refractivity contribution is 7.17. The molecule has 1 atom stereocenters. The third kappa shape index (κ3) is 3.00. The molecule has 100 valence electrons. The van der Waals surface area contributed by atoms with Gasteiger partial charge in [-0.1, -0.05) is 11.3 Å². The molecule has 1 aliphatic rings.